The second kappa shape index (κ2) is 19.7. The number of rotatable bonds is 20. The number of carbonyl (C=O) groups is 4. The predicted molar refractivity (Wildman–Crippen MR) is 160 cm³/mol. The Morgan fingerprint density at radius 2 is 0.610 bits per heavy atom. The average molecular weight is 695 g/mol. The van der Waals surface area contributed by atoms with Gasteiger partial charge in [0.2, 0.25) is 0 Å². The fraction of sp³-hybridized carbons (Fsp3) is 0.857. The first-order chi connectivity index (χ1) is 19.1. The molecule has 0 bridgehead atoms. The molecule has 0 aliphatic heterocycles. The van der Waals surface area contributed by atoms with E-state index in [0.717, 1.165) is 0 Å². The molecule has 13 heteroatoms. The summed E-state index contributed by atoms with van der Waals surface area (Å²) in [7, 11) is 13.8. The maximum absolute atomic E-state index is 13.6. The van der Waals surface area contributed by atoms with Crippen molar-refractivity contribution in [2.24, 2.45) is 0 Å². The van der Waals surface area contributed by atoms with Crippen LogP contribution in [0.25, 0.3) is 0 Å². The van der Waals surface area contributed by atoms with Gasteiger partial charge in [0.1, 0.15) is 0 Å². The number of carbonyl (C=O) groups excluding carboxylic acids is 4. The van der Waals surface area contributed by atoms with Gasteiger partial charge in [-0.25, -0.2) is 0 Å². The molecular formula is C28H56N4O8Sn. The molecule has 0 fully saturated rings. The molecular weight excluding hydrogens is 639 g/mol. The molecule has 41 heavy (non-hydrogen) atoms. The summed E-state index contributed by atoms with van der Waals surface area (Å²) in [6.45, 7) is 7.69. The Morgan fingerprint density at radius 3 is 0.732 bits per heavy atom. The summed E-state index contributed by atoms with van der Waals surface area (Å²) in [6.07, 6.45) is 4.40. The Balaban J connectivity index is 7.04. The molecule has 0 rings (SSSR count). The van der Waals surface area contributed by atoms with E-state index < -0.39 is 68.1 Å². The minimum atomic E-state index is -6.15. The zero-order chi connectivity index (χ0) is 31.9. The van der Waals surface area contributed by atoms with Crippen LogP contribution < -0.4 is 0 Å². The van der Waals surface area contributed by atoms with E-state index in [0.29, 0.717) is 51.4 Å². The first-order valence-electron chi connectivity index (χ1n) is 14.7. The van der Waals surface area contributed by atoms with Crippen molar-refractivity contribution in [1.29, 1.82) is 0 Å². The fourth-order valence-corrected chi connectivity index (χ4v) is 9.41. The average Bonchev–Trinajstić information content (AvgIpc) is 2.85. The number of likely N-dealkylation sites (N-methyl/N-ethyl adjacent to an activating group) is 4. The van der Waals surface area contributed by atoms with Gasteiger partial charge in [0.15, 0.2) is 0 Å². The molecule has 0 heterocycles. The molecule has 4 atom stereocenters. The van der Waals surface area contributed by atoms with Crippen LogP contribution in [0.2, 0.25) is 0 Å². The van der Waals surface area contributed by atoms with Gasteiger partial charge in [-0.05, 0) is 0 Å². The molecule has 0 saturated carbocycles. The van der Waals surface area contributed by atoms with Crippen molar-refractivity contribution in [1.82, 2.24) is 19.6 Å². The van der Waals surface area contributed by atoms with Crippen LogP contribution >= 0.6 is 0 Å². The summed E-state index contributed by atoms with van der Waals surface area (Å²) in [6, 6.07) is -2.91. The third-order valence-electron chi connectivity index (χ3n) is 6.73. The molecule has 0 saturated heterocycles. The molecule has 0 amide bonds. The van der Waals surface area contributed by atoms with E-state index in [1.165, 1.54) is 0 Å². The molecule has 0 aliphatic rings. The van der Waals surface area contributed by atoms with E-state index in [9.17, 15) is 19.2 Å². The van der Waals surface area contributed by atoms with Gasteiger partial charge < -0.3 is 0 Å². The topological polar surface area (TPSA) is 118 Å². The number of nitrogens with zero attached hydrogens (tertiary/aromatic N) is 4. The number of hydrogen-bond donors (Lipinski definition) is 0. The fourth-order valence-electron chi connectivity index (χ4n) is 4.33. The standard InChI is InChI=1S/4C7H15NO2.Sn/c4*1-4-5-6(7(9)10)8(2)3;/h4*6H,4-5H2,1-3H3,(H,9,10);/q;;;;+4/p-4. The van der Waals surface area contributed by atoms with Crippen molar-refractivity contribution < 1.29 is 31.5 Å². The molecule has 0 aliphatic carbocycles. The molecule has 0 aromatic rings. The molecule has 0 aromatic carbocycles. The van der Waals surface area contributed by atoms with Crippen molar-refractivity contribution >= 4 is 43.9 Å². The summed E-state index contributed by atoms with van der Waals surface area (Å²) in [5.74, 6) is -3.09. The summed E-state index contributed by atoms with van der Waals surface area (Å²) in [5, 5.41) is 0. The van der Waals surface area contributed by atoms with Crippen molar-refractivity contribution in [3.05, 3.63) is 0 Å². The summed E-state index contributed by atoms with van der Waals surface area (Å²) >= 11 is -6.15. The molecule has 0 radical (unpaired) electrons. The van der Waals surface area contributed by atoms with Crippen LogP contribution in [0.3, 0.4) is 0 Å². The Bertz CT molecular complexity index is 691. The van der Waals surface area contributed by atoms with Gasteiger partial charge in [0.25, 0.3) is 0 Å². The van der Waals surface area contributed by atoms with Gasteiger partial charge in [0.05, 0.1) is 0 Å². The quantitative estimate of drug-likeness (QED) is 0.174. The van der Waals surface area contributed by atoms with E-state index in [1.807, 2.05) is 27.7 Å². The minimum absolute atomic E-state index is 0.437. The van der Waals surface area contributed by atoms with Gasteiger partial charge in [-0.2, -0.15) is 0 Å². The molecule has 0 spiro atoms. The SMILES string of the molecule is CCCC(C(=O)[O][Sn]([O]C(=O)C(CCC)N(C)C)([O]C(=O)C(CCC)N(C)C)[O]C(=O)C(CCC)N(C)C)N(C)C. The first kappa shape index (κ1) is 39.5. The van der Waals surface area contributed by atoms with Crippen molar-refractivity contribution in [2.75, 3.05) is 56.4 Å². The van der Waals surface area contributed by atoms with Crippen LogP contribution in [0.1, 0.15) is 79.1 Å². The third kappa shape index (κ3) is 13.1. The summed E-state index contributed by atoms with van der Waals surface area (Å²) in [4.78, 5) is 61.1. The third-order valence-corrected chi connectivity index (χ3v) is 11.9. The monoisotopic (exact) mass is 696 g/mol. The van der Waals surface area contributed by atoms with Crippen molar-refractivity contribution in [2.45, 2.75) is 103 Å². The number of hydrogen-bond acceptors (Lipinski definition) is 12. The second-order valence-corrected chi connectivity index (χ2v) is 16.4. The normalized spacial score (nSPS) is 16.2. The zero-order valence-corrected chi connectivity index (χ0v) is 30.4. The Hall–Kier alpha value is -1.48. The van der Waals surface area contributed by atoms with Gasteiger partial charge in [-0.15, -0.1) is 0 Å². The van der Waals surface area contributed by atoms with Crippen LogP contribution in [0.15, 0.2) is 0 Å². The molecule has 240 valence electrons. The van der Waals surface area contributed by atoms with E-state index in [4.69, 9.17) is 12.3 Å². The Labute approximate surface area is 254 Å². The van der Waals surface area contributed by atoms with Crippen LogP contribution in [0.5, 0.6) is 0 Å². The summed E-state index contributed by atoms with van der Waals surface area (Å²) < 4.78 is 23.6. The first-order valence-corrected chi connectivity index (χ1v) is 19.3. The van der Waals surface area contributed by atoms with Crippen LogP contribution in [-0.4, -0.2) is 144 Å². The maximum atomic E-state index is 13.6. The van der Waals surface area contributed by atoms with E-state index in [1.54, 1.807) is 76.0 Å². The Kier molecular flexibility index (Phi) is 18.9. The Morgan fingerprint density at radius 1 is 0.439 bits per heavy atom. The van der Waals surface area contributed by atoms with Crippen molar-refractivity contribution in [3.63, 3.8) is 0 Å². The van der Waals surface area contributed by atoms with Crippen LogP contribution in [-0.2, 0) is 31.5 Å². The van der Waals surface area contributed by atoms with Gasteiger partial charge in [-0.1, -0.05) is 0 Å². The molecule has 12 nitrogen and oxygen atoms in total. The van der Waals surface area contributed by atoms with Gasteiger partial charge in [0, 0.05) is 0 Å². The van der Waals surface area contributed by atoms with Crippen molar-refractivity contribution in [3.8, 4) is 0 Å². The van der Waals surface area contributed by atoms with Gasteiger partial charge in [-0.3, -0.25) is 0 Å². The molecule has 0 aromatic heterocycles. The predicted octanol–water partition coefficient (Wildman–Crippen LogP) is 2.52. The summed E-state index contributed by atoms with van der Waals surface area (Å²) in [5.41, 5.74) is 0. The van der Waals surface area contributed by atoms with Crippen LogP contribution in [0.4, 0.5) is 0 Å². The van der Waals surface area contributed by atoms with E-state index in [-0.39, 0.29) is 0 Å². The van der Waals surface area contributed by atoms with Crippen LogP contribution in [0, 0.1) is 0 Å². The molecule has 0 N–H and O–H groups in total. The zero-order valence-electron chi connectivity index (χ0n) is 27.5. The van der Waals surface area contributed by atoms with E-state index in [2.05, 4.69) is 0 Å². The second-order valence-electron chi connectivity index (χ2n) is 11.3. The van der Waals surface area contributed by atoms with Gasteiger partial charge >= 0.3 is 255 Å². The molecule has 4 unspecified atom stereocenters. The van der Waals surface area contributed by atoms with E-state index >= 15 is 0 Å².